The van der Waals surface area contributed by atoms with Crippen LogP contribution in [0.2, 0.25) is 0 Å². The number of nitrogens with two attached hydrogens (primary N) is 1. The number of hydrogen-bond acceptors (Lipinski definition) is 4. The van der Waals surface area contributed by atoms with Crippen LogP contribution >= 0.6 is 12.4 Å². The predicted molar refractivity (Wildman–Crippen MR) is 89.4 cm³/mol. The fraction of sp³-hybridized carbons (Fsp3) is 0.500. The number of aryl methyl sites for hydroxylation is 1. The predicted octanol–water partition coefficient (Wildman–Crippen LogP) is 2.30. The minimum Gasteiger partial charge on any atom is -0.426 e. The molecule has 22 heavy (non-hydrogen) atoms. The van der Waals surface area contributed by atoms with Gasteiger partial charge < -0.3 is 15.8 Å². The number of hydrogen-bond donors (Lipinski definition) is 2. The molecule has 0 unspecified atom stereocenters. The molecule has 0 aliphatic rings. The van der Waals surface area contributed by atoms with Crippen molar-refractivity contribution in [3.8, 4) is 5.75 Å². The lowest BCUT2D eigenvalue weighted by molar-refractivity contribution is -0.136. The van der Waals surface area contributed by atoms with Gasteiger partial charge in [0.1, 0.15) is 5.75 Å². The third kappa shape index (κ3) is 6.91. The number of esters is 1. The Bertz CT molecular complexity index is 504. The third-order valence-corrected chi connectivity index (χ3v) is 3.13. The molecule has 3 N–H and O–H groups in total. The van der Waals surface area contributed by atoms with E-state index >= 15 is 0 Å². The second-order valence-corrected chi connectivity index (χ2v) is 5.29. The summed E-state index contributed by atoms with van der Waals surface area (Å²) >= 11 is 0. The molecule has 0 spiro atoms. The first kappa shape index (κ1) is 20.4. The van der Waals surface area contributed by atoms with Gasteiger partial charge in [-0.2, -0.15) is 0 Å². The van der Waals surface area contributed by atoms with Crippen LogP contribution < -0.4 is 15.8 Å². The second kappa shape index (κ2) is 10.2. The molecule has 0 radical (unpaired) electrons. The Morgan fingerprint density at radius 3 is 2.55 bits per heavy atom. The number of nitrogens with one attached hydrogen (secondary N) is 1. The number of carbonyl (C=O) groups is 2. The smallest absolute Gasteiger partial charge is 0.311 e. The van der Waals surface area contributed by atoms with Crippen molar-refractivity contribution < 1.29 is 14.3 Å². The number of halogens is 1. The average Bonchev–Trinajstić information content (AvgIpc) is 2.45. The lowest BCUT2D eigenvalue weighted by Gasteiger charge is -2.11. The van der Waals surface area contributed by atoms with E-state index in [0.29, 0.717) is 24.8 Å². The fourth-order valence-electron chi connectivity index (χ4n) is 1.77. The molecule has 1 aromatic rings. The number of amides is 1. The Morgan fingerprint density at radius 2 is 1.95 bits per heavy atom. The van der Waals surface area contributed by atoms with E-state index in [2.05, 4.69) is 19.2 Å². The topological polar surface area (TPSA) is 81.4 Å². The van der Waals surface area contributed by atoms with Gasteiger partial charge in [-0.1, -0.05) is 26.0 Å². The molecule has 124 valence electrons. The largest absolute Gasteiger partial charge is 0.426 e. The molecule has 0 heterocycles. The summed E-state index contributed by atoms with van der Waals surface area (Å²) in [4.78, 5) is 23.2. The molecule has 0 aromatic heterocycles. The maximum Gasteiger partial charge on any atom is 0.311 e. The Balaban J connectivity index is 0.00000441. The zero-order valence-corrected chi connectivity index (χ0v) is 14.2. The summed E-state index contributed by atoms with van der Waals surface area (Å²) in [6, 6.07) is 5.84. The van der Waals surface area contributed by atoms with Crippen LogP contribution in [0.3, 0.4) is 0 Å². The second-order valence-electron chi connectivity index (χ2n) is 5.29. The van der Waals surface area contributed by atoms with Crippen molar-refractivity contribution in [3.63, 3.8) is 0 Å². The van der Waals surface area contributed by atoms with E-state index in [1.807, 2.05) is 25.1 Å². The summed E-state index contributed by atoms with van der Waals surface area (Å²) in [5, 5.41) is 2.62. The molecule has 0 aliphatic carbocycles. The Kier molecular flexibility index (Phi) is 9.45. The van der Waals surface area contributed by atoms with Gasteiger partial charge >= 0.3 is 5.97 Å². The lowest BCUT2D eigenvalue weighted by Crippen LogP contribution is -2.29. The van der Waals surface area contributed by atoms with Gasteiger partial charge in [0.05, 0.1) is 6.42 Å². The standard InChI is InChI=1S/C16H24N2O3.ClH/c1-11(2)13-5-4-12(3)14(10-13)21-16(20)7-6-15(19)18-9-8-17;/h4-5,10-11H,6-9,17H2,1-3H3,(H,18,19);1H. The zero-order valence-electron chi connectivity index (χ0n) is 13.3. The molecule has 0 bridgehead atoms. The van der Waals surface area contributed by atoms with Gasteiger partial charge in [0.15, 0.2) is 0 Å². The van der Waals surface area contributed by atoms with Crippen molar-refractivity contribution in [2.75, 3.05) is 13.1 Å². The molecule has 1 rings (SSSR count). The molecule has 6 heteroatoms. The van der Waals surface area contributed by atoms with Crippen LogP contribution in [0.4, 0.5) is 0 Å². The van der Waals surface area contributed by atoms with E-state index in [-0.39, 0.29) is 31.2 Å². The minimum absolute atomic E-state index is 0. The van der Waals surface area contributed by atoms with Crippen molar-refractivity contribution in [2.45, 2.75) is 39.5 Å². The summed E-state index contributed by atoms with van der Waals surface area (Å²) in [6.45, 7) is 6.86. The van der Waals surface area contributed by atoms with Crippen LogP contribution in [0.15, 0.2) is 18.2 Å². The van der Waals surface area contributed by atoms with Gasteiger partial charge in [-0.3, -0.25) is 9.59 Å². The average molecular weight is 329 g/mol. The Morgan fingerprint density at radius 1 is 1.27 bits per heavy atom. The molecular formula is C16H25ClN2O3. The summed E-state index contributed by atoms with van der Waals surface area (Å²) in [6.07, 6.45) is 0.170. The van der Waals surface area contributed by atoms with Crippen molar-refractivity contribution >= 4 is 24.3 Å². The highest BCUT2D eigenvalue weighted by Gasteiger charge is 2.11. The molecule has 0 atom stereocenters. The molecule has 1 aromatic carbocycles. The van der Waals surface area contributed by atoms with E-state index in [1.165, 1.54) is 0 Å². The normalized spacial score (nSPS) is 10.0. The lowest BCUT2D eigenvalue weighted by atomic mass is 10.0. The summed E-state index contributed by atoms with van der Waals surface area (Å²) in [5.41, 5.74) is 7.30. The van der Waals surface area contributed by atoms with Gasteiger partial charge in [0.2, 0.25) is 5.91 Å². The molecule has 0 saturated carbocycles. The molecular weight excluding hydrogens is 304 g/mol. The Labute approximate surface area is 138 Å². The van der Waals surface area contributed by atoms with E-state index in [0.717, 1.165) is 11.1 Å². The monoisotopic (exact) mass is 328 g/mol. The number of rotatable bonds is 7. The summed E-state index contributed by atoms with van der Waals surface area (Å²) < 4.78 is 5.35. The maximum absolute atomic E-state index is 11.8. The molecule has 0 fully saturated rings. The van der Waals surface area contributed by atoms with Crippen molar-refractivity contribution in [2.24, 2.45) is 5.73 Å². The first-order chi connectivity index (χ1) is 9.93. The van der Waals surface area contributed by atoms with Crippen molar-refractivity contribution in [1.29, 1.82) is 0 Å². The SMILES string of the molecule is Cc1ccc(C(C)C)cc1OC(=O)CCC(=O)NCCN.Cl. The fourth-order valence-corrected chi connectivity index (χ4v) is 1.77. The number of benzene rings is 1. The first-order valence-electron chi connectivity index (χ1n) is 7.22. The van der Waals surface area contributed by atoms with Gasteiger partial charge in [0, 0.05) is 19.5 Å². The highest BCUT2D eigenvalue weighted by Crippen LogP contribution is 2.24. The van der Waals surface area contributed by atoms with E-state index in [9.17, 15) is 9.59 Å². The van der Waals surface area contributed by atoms with Crippen LogP contribution in [0.1, 0.15) is 43.7 Å². The van der Waals surface area contributed by atoms with E-state index < -0.39 is 5.97 Å². The maximum atomic E-state index is 11.8. The molecule has 0 aliphatic heterocycles. The molecule has 5 nitrogen and oxygen atoms in total. The van der Waals surface area contributed by atoms with Crippen LogP contribution in [-0.2, 0) is 9.59 Å². The van der Waals surface area contributed by atoms with E-state index in [1.54, 1.807) is 0 Å². The summed E-state index contributed by atoms with van der Waals surface area (Å²) in [7, 11) is 0. The molecule has 0 saturated heterocycles. The Hall–Kier alpha value is -1.59. The highest BCUT2D eigenvalue weighted by atomic mass is 35.5. The van der Waals surface area contributed by atoms with Crippen molar-refractivity contribution in [1.82, 2.24) is 5.32 Å². The van der Waals surface area contributed by atoms with Crippen molar-refractivity contribution in [3.05, 3.63) is 29.3 Å². The van der Waals surface area contributed by atoms with E-state index in [4.69, 9.17) is 10.5 Å². The molecule has 1 amide bonds. The van der Waals surface area contributed by atoms with Gasteiger partial charge in [-0.05, 0) is 30.0 Å². The van der Waals surface area contributed by atoms with Gasteiger partial charge in [-0.25, -0.2) is 0 Å². The van der Waals surface area contributed by atoms with Crippen LogP contribution in [0, 0.1) is 6.92 Å². The quantitative estimate of drug-likeness (QED) is 0.594. The summed E-state index contributed by atoms with van der Waals surface area (Å²) in [5.74, 6) is 0.339. The van der Waals surface area contributed by atoms with Crippen LogP contribution in [0.25, 0.3) is 0 Å². The minimum atomic E-state index is -0.401. The highest BCUT2D eigenvalue weighted by molar-refractivity contribution is 5.85. The van der Waals surface area contributed by atoms with Crippen LogP contribution in [0.5, 0.6) is 5.75 Å². The van der Waals surface area contributed by atoms with Crippen LogP contribution in [-0.4, -0.2) is 25.0 Å². The number of ether oxygens (including phenoxy) is 1. The first-order valence-corrected chi connectivity index (χ1v) is 7.22. The zero-order chi connectivity index (χ0) is 15.8. The number of carbonyl (C=O) groups excluding carboxylic acids is 2. The third-order valence-electron chi connectivity index (χ3n) is 3.13. The van der Waals surface area contributed by atoms with Gasteiger partial charge in [-0.15, -0.1) is 12.4 Å². The van der Waals surface area contributed by atoms with Gasteiger partial charge in [0.25, 0.3) is 0 Å².